The van der Waals surface area contributed by atoms with Crippen LogP contribution >= 0.6 is 0 Å². The topological polar surface area (TPSA) is 29.1 Å². The third kappa shape index (κ3) is 4.50. The van der Waals surface area contributed by atoms with Gasteiger partial charge in [-0.3, -0.25) is 4.79 Å². The second-order valence-corrected chi connectivity index (χ2v) is 7.84. The summed E-state index contributed by atoms with van der Waals surface area (Å²) in [6.07, 6.45) is 10.9. The molecule has 110 valence electrons. The van der Waals surface area contributed by atoms with Gasteiger partial charge in [-0.15, -0.1) is 0 Å². The van der Waals surface area contributed by atoms with E-state index in [4.69, 9.17) is 0 Å². The fraction of sp³-hybridized carbons (Fsp3) is 0.941. The van der Waals surface area contributed by atoms with E-state index in [0.717, 1.165) is 12.3 Å². The first-order valence-electron chi connectivity index (χ1n) is 8.24. The highest BCUT2D eigenvalue weighted by atomic mass is 16.1. The van der Waals surface area contributed by atoms with Crippen LogP contribution in [-0.4, -0.2) is 11.9 Å². The van der Waals surface area contributed by atoms with Crippen molar-refractivity contribution in [3.05, 3.63) is 0 Å². The summed E-state index contributed by atoms with van der Waals surface area (Å²) in [5.74, 6) is 1.81. The van der Waals surface area contributed by atoms with Gasteiger partial charge in [0.1, 0.15) is 0 Å². The van der Waals surface area contributed by atoms with Gasteiger partial charge in [0, 0.05) is 12.5 Å². The maximum atomic E-state index is 12.0. The van der Waals surface area contributed by atoms with Crippen molar-refractivity contribution in [1.29, 1.82) is 0 Å². The standard InChI is InChI=1S/C17H31NO/c1-17(2,3)14-8-10-15(11-9-14)18-16(19)12-13-6-4-5-7-13/h13-15H,4-12H2,1-3H3,(H,18,19). The van der Waals surface area contributed by atoms with Gasteiger partial charge >= 0.3 is 0 Å². The number of carbonyl (C=O) groups excluding carboxylic acids is 1. The molecule has 2 rings (SSSR count). The lowest BCUT2D eigenvalue weighted by atomic mass is 9.71. The Kier molecular flexibility index (Phi) is 4.92. The summed E-state index contributed by atoms with van der Waals surface area (Å²) >= 11 is 0. The summed E-state index contributed by atoms with van der Waals surface area (Å²) in [4.78, 5) is 12.0. The first kappa shape index (κ1) is 14.9. The molecule has 2 nitrogen and oxygen atoms in total. The Morgan fingerprint density at radius 2 is 1.58 bits per heavy atom. The molecule has 0 spiro atoms. The third-order valence-electron chi connectivity index (χ3n) is 5.27. The first-order chi connectivity index (χ1) is 8.95. The number of amides is 1. The number of carbonyl (C=O) groups is 1. The Morgan fingerprint density at radius 1 is 1.00 bits per heavy atom. The monoisotopic (exact) mass is 265 g/mol. The van der Waals surface area contributed by atoms with E-state index in [2.05, 4.69) is 26.1 Å². The Morgan fingerprint density at radius 3 is 2.11 bits per heavy atom. The van der Waals surface area contributed by atoms with E-state index in [0.29, 0.717) is 23.3 Å². The fourth-order valence-electron chi connectivity index (χ4n) is 3.87. The Bertz CT molecular complexity index is 291. The van der Waals surface area contributed by atoms with Gasteiger partial charge in [0.15, 0.2) is 0 Å². The van der Waals surface area contributed by atoms with E-state index in [9.17, 15) is 4.79 Å². The van der Waals surface area contributed by atoms with Crippen LogP contribution in [-0.2, 0) is 4.79 Å². The van der Waals surface area contributed by atoms with Crippen LogP contribution in [0.4, 0.5) is 0 Å². The fourth-order valence-corrected chi connectivity index (χ4v) is 3.87. The number of hydrogen-bond donors (Lipinski definition) is 1. The van der Waals surface area contributed by atoms with Crippen LogP contribution in [0, 0.1) is 17.3 Å². The Labute approximate surface area is 118 Å². The van der Waals surface area contributed by atoms with Gasteiger partial charge in [-0.05, 0) is 55.8 Å². The van der Waals surface area contributed by atoms with Crippen LogP contribution in [0.5, 0.6) is 0 Å². The van der Waals surface area contributed by atoms with Gasteiger partial charge in [0.2, 0.25) is 5.91 Å². The summed E-state index contributed by atoms with van der Waals surface area (Å²) in [7, 11) is 0. The van der Waals surface area contributed by atoms with E-state index >= 15 is 0 Å². The molecule has 2 fully saturated rings. The second-order valence-electron chi connectivity index (χ2n) is 7.84. The average Bonchev–Trinajstić information content (AvgIpc) is 2.81. The lowest BCUT2D eigenvalue weighted by Crippen LogP contribution is -2.39. The Hall–Kier alpha value is -0.530. The highest BCUT2D eigenvalue weighted by molar-refractivity contribution is 5.76. The van der Waals surface area contributed by atoms with Gasteiger partial charge in [0.05, 0.1) is 0 Å². The molecule has 0 bridgehead atoms. The van der Waals surface area contributed by atoms with Gasteiger partial charge < -0.3 is 5.32 Å². The smallest absolute Gasteiger partial charge is 0.220 e. The van der Waals surface area contributed by atoms with Crippen molar-refractivity contribution in [3.8, 4) is 0 Å². The zero-order valence-electron chi connectivity index (χ0n) is 13.0. The predicted molar refractivity (Wildman–Crippen MR) is 79.9 cm³/mol. The average molecular weight is 265 g/mol. The normalized spacial score (nSPS) is 29.4. The van der Waals surface area contributed by atoms with E-state index in [1.165, 1.54) is 51.4 Å². The minimum Gasteiger partial charge on any atom is -0.353 e. The first-order valence-corrected chi connectivity index (χ1v) is 8.24. The summed E-state index contributed by atoms with van der Waals surface area (Å²) in [5, 5.41) is 3.28. The quantitative estimate of drug-likeness (QED) is 0.810. The van der Waals surface area contributed by atoms with Crippen molar-refractivity contribution in [2.24, 2.45) is 17.3 Å². The molecule has 0 aromatic heterocycles. The SMILES string of the molecule is CC(C)(C)C1CCC(NC(=O)CC2CCCC2)CC1. The molecule has 0 unspecified atom stereocenters. The minimum absolute atomic E-state index is 0.311. The molecule has 2 saturated carbocycles. The summed E-state index contributed by atoms with van der Waals surface area (Å²) < 4.78 is 0. The molecule has 2 aliphatic carbocycles. The molecule has 0 atom stereocenters. The molecule has 19 heavy (non-hydrogen) atoms. The van der Waals surface area contributed by atoms with E-state index in [1.54, 1.807) is 0 Å². The van der Waals surface area contributed by atoms with E-state index < -0.39 is 0 Å². The van der Waals surface area contributed by atoms with Crippen molar-refractivity contribution >= 4 is 5.91 Å². The Balaban J connectivity index is 1.68. The van der Waals surface area contributed by atoms with Gasteiger partial charge in [-0.1, -0.05) is 33.6 Å². The van der Waals surface area contributed by atoms with Crippen LogP contribution in [0.1, 0.15) is 78.6 Å². The number of nitrogens with one attached hydrogen (secondary N) is 1. The van der Waals surface area contributed by atoms with E-state index in [-0.39, 0.29) is 0 Å². The van der Waals surface area contributed by atoms with Crippen molar-refractivity contribution in [1.82, 2.24) is 5.32 Å². The van der Waals surface area contributed by atoms with Crippen LogP contribution < -0.4 is 5.32 Å². The van der Waals surface area contributed by atoms with Crippen molar-refractivity contribution in [2.45, 2.75) is 84.6 Å². The lowest BCUT2D eigenvalue weighted by Gasteiger charge is -2.37. The molecular weight excluding hydrogens is 234 g/mol. The molecule has 0 aromatic rings. The van der Waals surface area contributed by atoms with Crippen molar-refractivity contribution in [3.63, 3.8) is 0 Å². The van der Waals surface area contributed by atoms with Gasteiger partial charge in [-0.25, -0.2) is 0 Å². The maximum Gasteiger partial charge on any atom is 0.220 e. The summed E-state index contributed by atoms with van der Waals surface area (Å²) in [5.41, 5.74) is 0.429. The largest absolute Gasteiger partial charge is 0.353 e. The second kappa shape index (κ2) is 6.28. The van der Waals surface area contributed by atoms with Gasteiger partial charge in [0.25, 0.3) is 0 Å². The van der Waals surface area contributed by atoms with Crippen molar-refractivity contribution < 1.29 is 4.79 Å². The zero-order chi connectivity index (χ0) is 13.9. The zero-order valence-corrected chi connectivity index (χ0v) is 13.0. The molecule has 0 saturated heterocycles. The molecular formula is C17H31NO. The van der Waals surface area contributed by atoms with E-state index in [1.807, 2.05) is 0 Å². The highest BCUT2D eigenvalue weighted by Gasteiger charge is 2.30. The predicted octanol–water partition coefficient (Wildman–Crippen LogP) is 4.29. The maximum absolute atomic E-state index is 12.0. The molecule has 2 heteroatoms. The minimum atomic E-state index is 0.311. The van der Waals surface area contributed by atoms with Crippen LogP contribution in [0.3, 0.4) is 0 Å². The van der Waals surface area contributed by atoms with Crippen LogP contribution in [0.15, 0.2) is 0 Å². The van der Waals surface area contributed by atoms with Crippen LogP contribution in [0.2, 0.25) is 0 Å². The summed E-state index contributed by atoms with van der Waals surface area (Å²) in [6, 6.07) is 0.451. The third-order valence-corrected chi connectivity index (χ3v) is 5.27. The number of hydrogen-bond acceptors (Lipinski definition) is 1. The lowest BCUT2D eigenvalue weighted by molar-refractivity contribution is -0.123. The van der Waals surface area contributed by atoms with Crippen molar-refractivity contribution in [2.75, 3.05) is 0 Å². The molecule has 2 aliphatic rings. The molecule has 0 radical (unpaired) electrons. The molecule has 0 heterocycles. The highest BCUT2D eigenvalue weighted by Crippen LogP contribution is 2.37. The molecule has 1 amide bonds. The van der Waals surface area contributed by atoms with Crippen LogP contribution in [0.25, 0.3) is 0 Å². The molecule has 0 aromatic carbocycles. The number of rotatable bonds is 3. The summed E-state index contributed by atoms with van der Waals surface area (Å²) in [6.45, 7) is 7.03. The van der Waals surface area contributed by atoms with Gasteiger partial charge in [-0.2, -0.15) is 0 Å². The molecule has 1 N–H and O–H groups in total. The molecule has 0 aliphatic heterocycles.